The van der Waals surface area contributed by atoms with Crippen molar-refractivity contribution in [1.29, 1.82) is 0 Å². The number of hydrogen-bond donors (Lipinski definition) is 1. The number of carbonyl (C=O) groups is 1. The zero-order valence-corrected chi connectivity index (χ0v) is 17.9. The summed E-state index contributed by atoms with van der Waals surface area (Å²) in [7, 11) is 3.51. The Bertz CT molecular complexity index is 1170. The number of nitrogens with zero attached hydrogens (tertiary/aromatic N) is 3. The van der Waals surface area contributed by atoms with Gasteiger partial charge in [0.2, 0.25) is 0 Å². The van der Waals surface area contributed by atoms with Crippen LogP contribution in [0.3, 0.4) is 0 Å². The molecule has 6 nitrogen and oxygen atoms in total. The highest BCUT2D eigenvalue weighted by atomic mass is 35.5. The Labute approximate surface area is 183 Å². The van der Waals surface area contributed by atoms with Gasteiger partial charge in [0.1, 0.15) is 27.5 Å². The van der Waals surface area contributed by atoms with E-state index in [0.29, 0.717) is 14.9 Å². The lowest BCUT2D eigenvalue weighted by Gasteiger charge is -2.19. The Balaban J connectivity index is 1.62. The zero-order chi connectivity index (χ0) is 21.1. The van der Waals surface area contributed by atoms with E-state index in [1.807, 2.05) is 60.3 Å². The van der Waals surface area contributed by atoms with E-state index in [1.54, 1.807) is 25.6 Å². The Kier molecular flexibility index (Phi) is 5.83. The van der Waals surface area contributed by atoms with Crippen LogP contribution in [-0.2, 0) is 7.05 Å². The largest absolute Gasteiger partial charge is 0.497 e. The minimum absolute atomic E-state index is 0.227. The molecule has 2 heterocycles. The van der Waals surface area contributed by atoms with Crippen LogP contribution in [0.4, 0.5) is 0 Å². The van der Waals surface area contributed by atoms with Gasteiger partial charge in [0.25, 0.3) is 5.91 Å². The number of hydrogen-bond acceptors (Lipinski definition) is 5. The van der Waals surface area contributed by atoms with Gasteiger partial charge in [-0.15, -0.1) is 11.3 Å². The van der Waals surface area contributed by atoms with Crippen LogP contribution in [0.15, 0.2) is 67.1 Å². The standard InChI is InChI=1S/C22H19ClN4O2S/c1-27-12-11-24-20(27)19(14-7-9-15(29-2)10-8-14)26-21(28)18-13-25-22(30-18)16-5-3-4-6-17(16)23/h3-13,19H,1-2H3,(H,26,28). The zero-order valence-electron chi connectivity index (χ0n) is 16.4. The summed E-state index contributed by atoms with van der Waals surface area (Å²) >= 11 is 7.56. The molecule has 4 rings (SSSR count). The molecular weight excluding hydrogens is 420 g/mol. The molecule has 0 aliphatic carbocycles. The van der Waals surface area contributed by atoms with Gasteiger partial charge < -0.3 is 14.6 Å². The number of halogens is 1. The van der Waals surface area contributed by atoms with E-state index in [1.165, 1.54) is 11.3 Å². The van der Waals surface area contributed by atoms with E-state index in [0.717, 1.165) is 22.7 Å². The van der Waals surface area contributed by atoms with Gasteiger partial charge in [0.05, 0.1) is 18.3 Å². The van der Waals surface area contributed by atoms with Crippen LogP contribution in [0.5, 0.6) is 5.75 Å². The number of methoxy groups -OCH3 is 1. The van der Waals surface area contributed by atoms with Crippen molar-refractivity contribution >= 4 is 28.8 Å². The summed E-state index contributed by atoms with van der Waals surface area (Å²) in [5, 5.41) is 4.38. The summed E-state index contributed by atoms with van der Waals surface area (Å²) in [6.07, 6.45) is 5.13. The van der Waals surface area contributed by atoms with E-state index < -0.39 is 6.04 Å². The van der Waals surface area contributed by atoms with Crippen LogP contribution in [0.25, 0.3) is 10.6 Å². The second-order valence-corrected chi connectivity index (χ2v) is 8.02. The maximum atomic E-state index is 13.1. The molecule has 0 bridgehead atoms. The monoisotopic (exact) mass is 438 g/mol. The van der Waals surface area contributed by atoms with Crippen LogP contribution in [-0.4, -0.2) is 27.6 Å². The predicted molar refractivity (Wildman–Crippen MR) is 118 cm³/mol. The van der Waals surface area contributed by atoms with Gasteiger partial charge in [0.15, 0.2) is 0 Å². The van der Waals surface area contributed by atoms with Crippen molar-refractivity contribution in [2.24, 2.45) is 7.05 Å². The second-order valence-electron chi connectivity index (χ2n) is 6.59. The maximum Gasteiger partial charge on any atom is 0.263 e. The summed E-state index contributed by atoms with van der Waals surface area (Å²) in [5.41, 5.74) is 1.70. The highest BCUT2D eigenvalue weighted by Crippen LogP contribution is 2.31. The van der Waals surface area contributed by atoms with Crippen molar-refractivity contribution in [1.82, 2.24) is 19.9 Å². The Morgan fingerprint density at radius 2 is 1.93 bits per heavy atom. The third-order valence-corrected chi connectivity index (χ3v) is 6.03. The van der Waals surface area contributed by atoms with Crippen molar-refractivity contribution in [3.8, 4) is 16.3 Å². The lowest BCUT2D eigenvalue weighted by atomic mass is 10.1. The van der Waals surface area contributed by atoms with E-state index >= 15 is 0 Å². The van der Waals surface area contributed by atoms with Gasteiger partial charge in [-0.25, -0.2) is 9.97 Å². The van der Waals surface area contributed by atoms with Crippen LogP contribution in [0.1, 0.15) is 27.1 Å². The molecule has 0 saturated heterocycles. The Morgan fingerprint density at radius 1 is 1.17 bits per heavy atom. The van der Waals surface area contributed by atoms with Crippen molar-refractivity contribution in [2.75, 3.05) is 7.11 Å². The number of imidazole rings is 1. The number of rotatable bonds is 6. The summed E-state index contributed by atoms with van der Waals surface area (Å²) in [6.45, 7) is 0. The van der Waals surface area contributed by atoms with Crippen LogP contribution in [0.2, 0.25) is 5.02 Å². The first kappa shape index (κ1) is 20.1. The molecule has 0 saturated carbocycles. The molecule has 4 aromatic rings. The van der Waals surface area contributed by atoms with Crippen LogP contribution in [0, 0.1) is 0 Å². The fourth-order valence-electron chi connectivity index (χ4n) is 3.09. The second kappa shape index (κ2) is 8.69. The average molecular weight is 439 g/mol. The quantitative estimate of drug-likeness (QED) is 0.472. The predicted octanol–water partition coefficient (Wildman–Crippen LogP) is 4.73. The third kappa shape index (κ3) is 4.08. The maximum absolute atomic E-state index is 13.1. The molecule has 0 radical (unpaired) electrons. The van der Waals surface area contributed by atoms with Crippen molar-refractivity contribution in [3.05, 3.63) is 88.4 Å². The minimum Gasteiger partial charge on any atom is -0.497 e. The number of thiazole rings is 1. The number of benzene rings is 2. The average Bonchev–Trinajstić information content (AvgIpc) is 3.42. The number of carbonyl (C=O) groups excluding carboxylic acids is 1. The molecule has 0 spiro atoms. The first-order valence-electron chi connectivity index (χ1n) is 9.19. The highest BCUT2D eigenvalue weighted by Gasteiger charge is 2.23. The lowest BCUT2D eigenvalue weighted by Crippen LogP contribution is -2.30. The highest BCUT2D eigenvalue weighted by molar-refractivity contribution is 7.17. The molecule has 0 fully saturated rings. The van der Waals surface area contributed by atoms with Gasteiger partial charge in [0, 0.05) is 25.0 Å². The molecule has 1 unspecified atom stereocenters. The number of aromatic nitrogens is 3. The van der Waals surface area contributed by atoms with Gasteiger partial charge in [-0.05, 0) is 23.8 Å². The van der Waals surface area contributed by atoms with E-state index in [2.05, 4.69) is 15.3 Å². The Hall–Kier alpha value is -3.16. The van der Waals surface area contributed by atoms with Crippen molar-refractivity contribution in [3.63, 3.8) is 0 Å². The first-order chi connectivity index (χ1) is 14.6. The summed E-state index contributed by atoms with van der Waals surface area (Å²) in [4.78, 5) is 22.4. The lowest BCUT2D eigenvalue weighted by molar-refractivity contribution is 0.0945. The van der Waals surface area contributed by atoms with Crippen LogP contribution >= 0.6 is 22.9 Å². The van der Waals surface area contributed by atoms with E-state index in [9.17, 15) is 4.79 Å². The molecule has 1 N–H and O–H groups in total. The van der Waals surface area contributed by atoms with Gasteiger partial charge >= 0.3 is 0 Å². The normalized spacial score (nSPS) is 11.8. The molecule has 0 aliphatic heterocycles. The minimum atomic E-state index is -0.422. The van der Waals surface area contributed by atoms with Gasteiger partial charge in [-0.2, -0.15) is 0 Å². The summed E-state index contributed by atoms with van der Waals surface area (Å²) < 4.78 is 7.13. The molecular formula is C22H19ClN4O2S. The van der Waals surface area contributed by atoms with Gasteiger partial charge in [-0.1, -0.05) is 41.9 Å². The first-order valence-corrected chi connectivity index (χ1v) is 10.4. The van der Waals surface area contributed by atoms with Crippen molar-refractivity contribution < 1.29 is 9.53 Å². The van der Waals surface area contributed by atoms with Crippen molar-refractivity contribution in [2.45, 2.75) is 6.04 Å². The molecule has 2 aromatic heterocycles. The SMILES string of the molecule is COc1ccc(C(NC(=O)c2cnc(-c3ccccc3Cl)s2)c2nccn2C)cc1. The van der Waals surface area contributed by atoms with E-state index in [4.69, 9.17) is 16.3 Å². The molecule has 30 heavy (non-hydrogen) atoms. The van der Waals surface area contributed by atoms with E-state index in [-0.39, 0.29) is 5.91 Å². The number of aryl methyl sites for hydroxylation is 1. The molecule has 1 amide bonds. The number of ether oxygens (including phenoxy) is 1. The fourth-order valence-corrected chi connectivity index (χ4v) is 4.23. The molecule has 0 aliphatic rings. The molecule has 152 valence electrons. The molecule has 8 heteroatoms. The topological polar surface area (TPSA) is 69.0 Å². The fraction of sp³-hybridized carbons (Fsp3) is 0.136. The smallest absolute Gasteiger partial charge is 0.263 e. The van der Waals surface area contributed by atoms with Gasteiger partial charge in [-0.3, -0.25) is 4.79 Å². The summed E-state index contributed by atoms with van der Waals surface area (Å²) in [5.74, 6) is 1.24. The number of amides is 1. The number of nitrogens with one attached hydrogen (secondary N) is 1. The molecule has 1 atom stereocenters. The Morgan fingerprint density at radius 3 is 2.60 bits per heavy atom. The molecule has 2 aromatic carbocycles. The third-order valence-electron chi connectivity index (χ3n) is 4.67. The summed E-state index contributed by atoms with van der Waals surface area (Å²) in [6, 6.07) is 14.6. The van der Waals surface area contributed by atoms with Crippen LogP contribution < -0.4 is 10.1 Å².